The van der Waals surface area contributed by atoms with Crippen LogP contribution >= 0.6 is 0 Å². The molecule has 0 aromatic carbocycles. The number of methoxy groups -OCH3 is 1. The summed E-state index contributed by atoms with van der Waals surface area (Å²) in [6, 6.07) is 1.61. The van der Waals surface area contributed by atoms with Gasteiger partial charge in [-0.2, -0.15) is 0 Å². The van der Waals surface area contributed by atoms with Gasteiger partial charge in [0.05, 0.1) is 49.9 Å². The van der Waals surface area contributed by atoms with Gasteiger partial charge in [-0.3, -0.25) is 19.2 Å². The average Bonchev–Trinajstić information content (AvgIpc) is 3.62. The summed E-state index contributed by atoms with van der Waals surface area (Å²) in [5, 5.41) is 28.0. The fourth-order valence-electron chi connectivity index (χ4n) is 13.5. The number of hydrogen-bond donors (Lipinski definition) is 2. The fourth-order valence-corrected chi connectivity index (χ4v) is 13.5. The molecule has 0 radical (unpaired) electrons. The second-order valence-electron chi connectivity index (χ2n) is 19.6. The largest absolute Gasteiger partial charge is 0.472 e. The smallest absolute Gasteiger partial charge is 0.341 e. The zero-order valence-electron chi connectivity index (χ0n) is 35.2. The van der Waals surface area contributed by atoms with Crippen molar-refractivity contribution in [3.63, 3.8) is 0 Å². The summed E-state index contributed by atoms with van der Waals surface area (Å²) >= 11 is 0. The van der Waals surface area contributed by atoms with Crippen molar-refractivity contribution < 1.29 is 81.2 Å². The molecule has 17 atom stereocenters. The van der Waals surface area contributed by atoms with Gasteiger partial charge >= 0.3 is 29.8 Å². The number of carbonyl (C=O) groups excluding carboxylic acids is 5. The lowest BCUT2D eigenvalue weighted by Gasteiger charge is -2.78. The van der Waals surface area contributed by atoms with Crippen LogP contribution in [0.5, 0.6) is 0 Å². The number of furan rings is 1. The maximum atomic E-state index is 14.7. The van der Waals surface area contributed by atoms with E-state index in [9.17, 15) is 34.2 Å². The molecule has 4 bridgehead atoms. The molecule has 4 aliphatic carbocycles. The van der Waals surface area contributed by atoms with E-state index in [1.54, 1.807) is 47.6 Å². The normalized spacial score (nSPS) is 52.3. The van der Waals surface area contributed by atoms with Crippen LogP contribution in [0.25, 0.3) is 0 Å². The molecule has 9 rings (SSSR count). The molecule has 8 fully saturated rings. The quantitative estimate of drug-likeness (QED) is 0.207. The molecule has 2 spiro atoms. The van der Waals surface area contributed by atoms with Gasteiger partial charge in [0.2, 0.25) is 0 Å². The monoisotopic (exact) mass is 830 g/mol. The van der Waals surface area contributed by atoms with Gasteiger partial charge in [0.15, 0.2) is 28.5 Å². The minimum Gasteiger partial charge on any atom is -0.472 e. The molecule has 8 aliphatic rings. The van der Waals surface area contributed by atoms with Crippen LogP contribution in [0.15, 0.2) is 23.0 Å². The molecule has 17 heteroatoms. The Labute approximate surface area is 340 Å². The zero-order valence-corrected chi connectivity index (χ0v) is 35.2. The Kier molecular flexibility index (Phi) is 8.05. The summed E-state index contributed by atoms with van der Waals surface area (Å²) in [6.07, 6.45) is -5.22. The number of carbonyl (C=O) groups is 5. The first-order valence-corrected chi connectivity index (χ1v) is 20.5. The van der Waals surface area contributed by atoms with E-state index in [0.717, 1.165) is 7.11 Å². The lowest BCUT2D eigenvalue weighted by molar-refractivity contribution is -0.478. The Hall–Kier alpha value is -3.61. The number of fused-ring (bicyclic) bond motifs is 2. The highest BCUT2D eigenvalue weighted by atomic mass is 17.0. The van der Waals surface area contributed by atoms with Gasteiger partial charge < -0.3 is 57.3 Å². The topological polar surface area (TPSA) is 225 Å². The van der Waals surface area contributed by atoms with Crippen LogP contribution in [-0.4, -0.2) is 111 Å². The summed E-state index contributed by atoms with van der Waals surface area (Å²) in [4.78, 5) is 71.8. The van der Waals surface area contributed by atoms with Crippen molar-refractivity contribution in [2.45, 2.75) is 165 Å². The van der Waals surface area contributed by atoms with E-state index in [1.165, 1.54) is 33.3 Å². The molecule has 4 saturated heterocycles. The van der Waals surface area contributed by atoms with Crippen molar-refractivity contribution in [1.82, 2.24) is 0 Å². The van der Waals surface area contributed by atoms with Crippen molar-refractivity contribution in [3.8, 4) is 0 Å². The van der Waals surface area contributed by atoms with Crippen LogP contribution in [0.3, 0.4) is 0 Å². The molecule has 9 unspecified atom stereocenters. The van der Waals surface area contributed by atoms with Gasteiger partial charge in [0, 0.05) is 28.7 Å². The first-order valence-electron chi connectivity index (χ1n) is 20.5. The number of hydrogen-bond acceptors (Lipinski definition) is 17. The zero-order chi connectivity index (χ0) is 43.1. The van der Waals surface area contributed by atoms with Crippen molar-refractivity contribution in [1.29, 1.82) is 0 Å². The lowest BCUT2D eigenvalue weighted by Crippen LogP contribution is -2.99. The van der Waals surface area contributed by atoms with E-state index in [1.807, 2.05) is 6.92 Å². The van der Waals surface area contributed by atoms with Crippen molar-refractivity contribution in [2.24, 2.45) is 34.0 Å². The Balaban J connectivity index is 1.42. The number of esters is 5. The number of ether oxygens (including phenoxy) is 9. The van der Waals surface area contributed by atoms with Gasteiger partial charge in [0.1, 0.15) is 29.5 Å². The van der Waals surface area contributed by atoms with Crippen LogP contribution in [0.2, 0.25) is 0 Å². The van der Waals surface area contributed by atoms with Gasteiger partial charge in [0.25, 0.3) is 5.97 Å². The predicted molar refractivity (Wildman–Crippen MR) is 194 cm³/mol. The van der Waals surface area contributed by atoms with Crippen molar-refractivity contribution >= 4 is 29.8 Å². The molecule has 59 heavy (non-hydrogen) atoms. The summed E-state index contributed by atoms with van der Waals surface area (Å²) in [7, 11) is 1.16. The predicted octanol–water partition coefficient (Wildman–Crippen LogP) is 2.95. The van der Waals surface area contributed by atoms with Gasteiger partial charge in [-0.15, -0.1) is 0 Å². The third kappa shape index (κ3) is 4.12. The van der Waals surface area contributed by atoms with Gasteiger partial charge in [-0.1, -0.05) is 48.5 Å². The van der Waals surface area contributed by atoms with E-state index < -0.39 is 147 Å². The van der Waals surface area contributed by atoms with E-state index in [4.69, 9.17) is 47.0 Å². The Bertz CT molecular complexity index is 2050. The van der Waals surface area contributed by atoms with E-state index in [0.29, 0.717) is 12.0 Å². The summed E-state index contributed by atoms with van der Waals surface area (Å²) < 4.78 is 63.6. The highest BCUT2D eigenvalue weighted by molar-refractivity contribution is 5.84. The number of aliphatic hydroxyl groups is 2. The second-order valence-corrected chi connectivity index (χ2v) is 19.6. The molecule has 1 aromatic heterocycles. The highest BCUT2D eigenvalue weighted by Gasteiger charge is 3.07. The molecule has 5 heterocycles. The molecule has 324 valence electrons. The van der Waals surface area contributed by atoms with Crippen molar-refractivity contribution in [3.05, 3.63) is 24.2 Å². The minimum atomic E-state index is -2.86. The van der Waals surface area contributed by atoms with Crippen LogP contribution in [0, 0.1) is 34.0 Å². The average molecular weight is 831 g/mol. The molecule has 2 N–H and O–H groups in total. The molecule has 1 aromatic rings. The van der Waals surface area contributed by atoms with Crippen LogP contribution in [-0.2, 0) is 66.6 Å². The SMILES string of the molecule is CCC(C)C(=O)OC1C[C@@]2(C)[C@H](c3ccoc3)OC(=O)CC23OC2(C)OC34C(OC(=O)C(C)C)[C@@]3(O)[C@@H](OC(=O)C5(C)OC5C)[C@]5(C)C[C@]3(O)[C@@](C)([C@H]5C(=O)OC)C14O2. The first-order chi connectivity index (χ1) is 27.3. The van der Waals surface area contributed by atoms with Crippen LogP contribution in [0.1, 0.15) is 107 Å². The van der Waals surface area contributed by atoms with Gasteiger partial charge in [-0.05, 0) is 39.2 Å². The third-order valence-electron chi connectivity index (χ3n) is 16.4. The van der Waals surface area contributed by atoms with Crippen molar-refractivity contribution in [2.75, 3.05) is 7.11 Å². The fraction of sp³-hybridized carbons (Fsp3) is 0.786. The summed E-state index contributed by atoms with van der Waals surface area (Å²) in [6.45, 7) is 16.1. The second kappa shape index (κ2) is 11.6. The molecular weight excluding hydrogens is 776 g/mol. The van der Waals surface area contributed by atoms with E-state index >= 15 is 0 Å². The standard InChI is InChI=1S/C42H54O17/c1-12-20(4)28(45)52-23-15-34(7)26(22-13-14-51-17-22)53-24(43)16-39(34)42-31(54-27(44)19(2)3)40(49)30(55-32(47)35(8)21(5)56-35)33(6)18-38(40,48)36(9,25(33)29(46)50-11)41(23,42)58-37(10,57-39)59-42/h13-14,17,19-21,23,25-26,30-31,48-49H,12,15-16,18H2,1-11H3/t20?,21?,23?,25-,26-,30-,31?,33+,34-,35?,36+,37?,38-,39?,40-,41?,42?/m0/s1. The van der Waals surface area contributed by atoms with Crippen LogP contribution in [0.4, 0.5) is 0 Å². The maximum absolute atomic E-state index is 14.7. The lowest BCUT2D eigenvalue weighted by atomic mass is 9.32. The van der Waals surface area contributed by atoms with Gasteiger partial charge in [-0.25, -0.2) is 4.79 Å². The Morgan fingerprint density at radius 1 is 0.932 bits per heavy atom. The molecular formula is C42H54O17. The third-order valence-corrected chi connectivity index (χ3v) is 16.4. The van der Waals surface area contributed by atoms with E-state index in [-0.39, 0.29) is 6.42 Å². The van der Waals surface area contributed by atoms with E-state index in [2.05, 4.69) is 0 Å². The van der Waals surface area contributed by atoms with Crippen LogP contribution < -0.4 is 0 Å². The summed E-state index contributed by atoms with van der Waals surface area (Å²) in [5.74, 6) is -9.26. The molecule has 4 aliphatic heterocycles. The highest BCUT2D eigenvalue weighted by Crippen LogP contribution is 2.89. The first kappa shape index (κ1) is 40.8. The molecule has 0 amide bonds. The number of cyclic esters (lactones) is 1. The number of rotatable bonds is 9. The molecule has 17 nitrogen and oxygen atoms in total. The molecule has 4 saturated carbocycles. The maximum Gasteiger partial charge on any atom is 0.341 e. The Morgan fingerprint density at radius 2 is 1.59 bits per heavy atom. The summed E-state index contributed by atoms with van der Waals surface area (Å²) in [5.41, 5.74) is -18.6. The number of epoxide rings is 1. The Morgan fingerprint density at radius 3 is 2.17 bits per heavy atom. The minimum absolute atomic E-state index is 0.189.